The third kappa shape index (κ3) is 2.55. The van der Waals surface area contributed by atoms with E-state index in [2.05, 4.69) is 61.7 Å². The first-order valence-electron chi connectivity index (χ1n) is 6.44. The van der Waals surface area contributed by atoms with E-state index in [-0.39, 0.29) is 0 Å². The van der Waals surface area contributed by atoms with E-state index in [1.54, 1.807) is 6.20 Å². The van der Waals surface area contributed by atoms with Crippen molar-refractivity contribution in [2.75, 3.05) is 0 Å². The first kappa shape index (κ1) is 13.5. The summed E-state index contributed by atoms with van der Waals surface area (Å²) in [6, 6.07) is 12.5. The predicted octanol–water partition coefficient (Wildman–Crippen LogP) is 4.66. The van der Waals surface area contributed by atoms with Gasteiger partial charge in [-0.05, 0) is 45.7 Å². The largest absolute Gasteiger partial charge is 0.329 e. The van der Waals surface area contributed by atoms with Crippen LogP contribution in [0.5, 0.6) is 0 Å². The Morgan fingerprint density at radius 2 is 2.10 bits per heavy atom. The van der Waals surface area contributed by atoms with Crippen LogP contribution in [0, 0.1) is 4.77 Å². The third-order valence-corrected chi connectivity index (χ3v) is 4.16. The van der Waals surface area contributed by atoms with Crippen LogP contribution in [0.4, 0.5) is 0 Å². The van der Waals surface area contributed by atoms with E-state index in [0.29, 0.717) is 10.7 Å². The monoisotopic (exact) mass is 347 g/mol. The fourth-order valence-corrected chi connectivity index (χ4v) is 2.95. The average molecular weight is 348 g/mol. The minimum atomic E-state index is 0.382. The van der Waals surface area contributed by atoms with Crippen molar-refractivity contribution in [2.45, 2.75) is 19.4 Å². The summed E-state index contributed by atoms with van der Waals surface area (Å²) in [6.07, 6.45) is 1.80. The summed E-state index contributed by atoms with van der Waals surface area (Å²) in [4.78, 5) is 7.68. The normalized spacial score (nSPS) is 12.7. The molecule has 0 radical (unpaired) electrons. The molecule has 0 aliphatic carbocycles. The average Bonchev–Trinajstić information content (AvgIpc) is 2.75. The fraction of sp³-hybridized carbons (Fsp3) is 0.200. The topological polar surface area (TPSA) is 33.6 Å². The highest BCUT2D eigenvalue weighted by atomic mass is 79.9. The number of benzene rings is 1. The van der Waals surface area contributed by atoms with Crippen LogP contribution < -0.4 is 0 Å². The molecule has 102 valence electrons. The van der Waals surface area contributed by atoms with Crippen molar-refractivity contribution < 1.29 is 0 Å². The van der Waals surface area contributed by atoms with Gasteiger partial charge in [-0.3, -0.25) is 0 Å². The molecular weight excluding hydrogens is 334 g/mol. The molecule has 0 saturated heterocycles. The van der Waals surface area contributed by atoms with E-state index < -0.39 is 0 Å². The first-order chi connectivity index (χ1) is 9.65. The second-order valence-electron chi connectivity index (χ2n) is 4.88. The highest BCUT2D eigenvalue weighted by Gasteiger charge is 2.11. The highest BCUT2D eigenvalue weighted by molar-refractivity contribution is 9.10. The van der Waals surface area contributed by atoms with Gasteiger partial charge in [-0.25, -0.2) is 4.98 Å². The Labute approximate surface area is 130 Å². The maximum atomic E-state index is 5.42. The van der Waals surface area contributed by atoms with E-state index in [0.717, 1.165) is 22.2 Å². The zero-order valence-electron chi connectivity index (χ0n) is 11.0. The molecule has 0 spiro atoms. The lowest BCUT2D eigenvalue weighted by molar-refractivity contribution is 0.601. The van der Waals surface area contributed by atoms with Gasteiger partial charge in [0.1, 0.15) is 0 Å². The van der Waals surface area contributed by atoms with Crippen molar-refractivity contribution in [1.29, 1.82) is 0 Å². The summed E-state index contributed by atoms with van der Waals surface area (Å²) < 4.78 is 3.73. The summed E-state index contributed by atoms with van der Waals surface area (Å²) >= 11 is 8.84. The Morgan fingerprint density at radius 3 is 2.85 bits per heavy atom. The second kappa shape index (κ2) is 5.50. The molecule has 1 aromatic carbocycles. The van der Waals surface area contributed by atoms with Gasteiger partial charge >= 0.3 is 0 Å². The summed E-state index contributed by atoms with van der Waals surface area (Å²) in [5.74, 6) is 0.382. The maximum absolute atomic E-state index is 5.42. The molecule has 0 aliphatic rings. The molecule has 5 heteroatoms. The molecule has 0 amide bonds. The van der Waals surface area contributed by atoms with E-state index >= 15 is 0 Å². The summed E-state index contributed by atoms with van der Waals surface area (Å²) in [5.41, 5.74) is 3.17. The maximum Gasteiger partial charge on any atom is 0.179 e. The van der Waals surface area contributed by atoms with Crippen molar-refractivity contribution in [3.8, 4) is 0 Å². The number of aromatic amines is 1. The first-order valence-corrected chi connectivity index (χ1v) is 7.64. The van der Waals surface area contributed by atoms with Crippen LogP contribution in [-0.2, 0) is 6.54 Å². The zero-order valence-corrected chi connectivity index (χ0v) is 13.4. The van der Waals surface area contributed by atoms with Gasteiger partial charge in [0, 0.05) is 17.2 Å². The lowest BCUT2D eigenvalue weighted by atomic mass is 10.0. The number of nitrogens with zero attached hydrogens (tertiary/aromatic N) is 2. The lowest BCUT2D eigenvalue weighted by Gasteiger charge is -2.13. The number of halogens is 1. The van der Waals surface area contributed by atoms with Gasteiger partial charge in [0.25, 0.3) is 0 Å². The van der Waals surface area contributed by atoms with Gasteiger partial charge in [-0.1, -0.05) is 37.3 Å². The molecule has 1 N–H and O–H groups in total. The van der Waals surface area contributed by atoms with Gasteiger partial charge < -0.3 is 9.55 Å². The number of nitrogens with one attached hydrogen (secondary N) is 1. The number of H-pyrrole nitrogens is 1. The Kier molecular flexibility index (Phi) is 3.72. The van der Waals surface area contributed by atoms with Gasteiger partial charge in [-0.2, -0.15) is 0 Å². The Bertz CT molecular complexity index is 792. The van der Waals surface area contributed by atoms with Crippen molar-refractivity contribution in [2.24, 2.45) is 0 Å². The van der Waals surface area contributed by atoms with E-state index in [1.165, 1.54) is 5.56 Å². The molecular formula is C15H14BrN3S. The van der Waals surface area contributed by atoms with Crippen LogP contribution in [0.25, 0.3) is 11.2 Å². The third-order valence-electron chi connectivity index (χ3n) is 3.40. The molecule has 1 unspecified atom stereocenters. The predicted molar refractivity (Wildman–Crippen MR) is 87.5 cm³/mol. The van der Waals surface area contributed by atoms with Crippen LogP contribution in [0.3, 0.4) is 0 Å². The van der Waals surface area contributed by atoms with Crippen LogP contribution in [0.2, 0.25) is 0 Å². The number of imidazole rings is 1. The number of fused-ring (bicyclic) bond motifs is 1. The number of hydrogen-bond acceptors (Lipinski definition) is 2. The van der Waals surface area contributed by atoms with E-state index in [4.69, 9.17) is 12.2 Å². The quantitative estimate of drug-likeness (QED) is 0.699. The summed E-state index contributed by atoms with van der Waals surface area (Å²) in [5, 5.41) is 0. The summed E-state index contributed by atoms with van der Waals surface area (Å²) in [6.45, 7) is 3.02. The Balaban J connectivity index is 1.99. The summed E-state index contributed by atoms with van der Waals surface area (Å²) in [7, 11) is 0. The standard InChI is InChI=1S/C15H14BrN3S/c1-10(11-5-3-2-4-6-11)9-19-14-13(18-15(19)20)7-12(16)8-17-14/h2-8,10H,9H2,1H3,(H,18,20). The van der Waals surface area contributed by atoms with Crippen molar-refractivity contribution in [1.82, 2.24) is 14.5 Å². The van der Waals surface area contributed by atoms with E-state index in [9.17, 15) is 0 Å². The minimum absolute atomic E-state index is 0.382. The Morgan fingerprint density at radius 1 is 1.35 bits per heavy atom. The van der Waals surface area contributed by atoms with Crippen LogP contribution in [0.15, 0.2) is 47.1 Å². The molecule has 0 bridgehead atoms. The smallest absolute Gasteiger partial charge is 0.179 e. The number of pyridine rings is 1. The van der Waals surface area contributed by atoms with Crippen molar-refractivity contribution in [3.05, 3.63) is 57.4 Å². The van der Waals surface area contributed by atoms with Crippen LogP contribution in [0.1, 0.15) is 18.4 Å². The minimum Gasteiger partial charge on any atom is -0.329 e. The molecule has 0 saturated carbocycles. The molecule has 3 aromatic rings. The zero-order chi connectivity index (χ0) is 14.1. The highest BCUT2D eigenvalue weighted by Crippen LogP contribution is 2.21. The van der Waals surface area contributed by atoms with Gasteiger partial charge in [0.15, 0.2) is 10.4 Å². The van der Waals surface area contributed by atoms with Gasteiger partial charge in [0.2, 0.25) is 0 Å². The fourth-order valence-electron chi connectivity index (χ4n) is 2.35. The van der Waals surface area contributed by atoms with Gasteiger partial charge in [0.05, 0.1) is 5.52 Å². The molecule has 1 atom stereocenters. The number of aromatic nitrogens is 3. The molecule has 2 heterocycles. The molecule has 3 rings (SSSR count). The van der Waals surface area contributed by atoms with Crippen LogP contribution in [-0.4, -0.2) is 14.5 Å². The van der Waals surface area contributed by atoms with E-state index in [1.807, 2.05) is 12.1 Å². The van der Waals surface area contributed by atoms with Gasteiger partial charge in [-0.15, -0.1) is 0 Å². The molecule has 0 aliphatic heterocycles. The van der Waals surface area contributed by atoms with Crippen molar-refractivity contribution in [3.63, 3.8) is 0 Å². The molecule has 20 heavy (non-hydrogen) atoms. The SMILES string of the molecule is CC(Cn1c(=S)[nH]c2cc(Br)cnc21)c1ccccc1. The number of rotatable bonds is 3. The molecule has 0 fully saturated rings. The lowest BCUT2D eigenvalue weighted by Crippen LogP contribution is -2.07. The Hall–Kier alpha value is -1.46. The second-order valence-corrected chi connectivity index (χ2v) is 6.18. The molecule has 3 nitrogen and oxygen atoms in total. The molecule has 2 aromatic heterocycles. The van der Waals surface area contributed by atoms with Crippen LogP contribution >= 0.6 is 28.1 Å². The number of hydrogen-bond donors (Lipinski definition) is 1. The van der Waals surface area contributed by atoms with Crippen molar-refractivity contribution >= 4 is 39.3 Å².